The molecule has 0 bridgehead atoms. The molecule has 0 heterocycles. The predicted molar refractivity (Wildman–Crippen MR) is 82.8 cm³/mol. The molecule has 2 aromatic rings. The van der Waals surface area contributed by atoms with Crippen LogP contribution in [0.2, 0.25) is 0 Å². The zero-order chi connectivity index (χ0) is 13.1. The lowest BCUT2D eigenvalue weighted by Gasteiger charge is -2.12. The minimum Gasteiger partial charge on any atom is -0.457 e. The molecule has 0 N–H and O–H groups in total. The van der Waals surface area contributed by atoms with Crippen LogP contribution in [0, 0.1) is 13.8 Å². The maximum absolute atomic E-state index is 6.02. The van der Waals surface area contributed by atoms with E-state index in [2.05, 4.69) is 70.0 Å². The van der Waals surface area contributed by atoms with Gasteiger partial charge in [-0.05, 0) is 49.2 Å². The minimum atomic E-state index is 0.770. The fraction of sp³-hybridized carbons (Fsp3) is 0.200. The molecule has 0 amide bonds. The van der Waals surface area contributed by atoms with Gasteiger partial charge in [-0.3, -0.25) is 0 Å². The Morgan fingerprint density at radius 3 is 2.50 bits per heavy atom. The molecule has 0 atom stereocenters. The molecule has 3 heteroatoms. The van der Waals surface area contributed by atoms with Crippen LogP contribution >= 0.6 is 31.9 Å². The molecule has 0 aliphatic carbocycles. The summed E-state index contributed by atoms with van der Waals surface area (Å²) in [4.78, 5) is 0. The summed E-state index contributed by atoms with van der Waals surface area (Å²) < 4.78 is 7.08. The zero-order valence-corrected chi connectivity index (χ0v) is 13.5. The van der Waals surface area contributed by atoms with Crippen LogP contribution in [0.3, 0.4) is 0 Å². The second kappa shape index (κ2) is 5.89. The molecule has 0 aromatic heterocycles. The fourth-order valence-corrected chi connectivity index (χ4v) is 2.53. The lowest BCUT2D eigenvalue weighted by Crippen LogP contribution is -1.92. The second-order valence-electron chi connectivity index (χ2n) is 4.26. The number of halogens is 2. The number of hydrogen-bond donors (Lipinski definition) is 0. The van der Waals surface area contributed by atoms with E-state index in [1.165, 1.54) is 5.56 Å². The van der Waals surface area contributed by atoms with E-state index >= 15 is 0 Å². The smallest absolute Gasteiger partial charge is 0.131 e. The van der Waals surface area contributed by atoms with Crippen molar-refractivity contribution in [2.75, 3.05) is 0 Å². The van der Waals surface area contributed by atoms with Gasteiger partial charge in [0.25, 0.3) is 0 Å². The van der Waals surface area contributed by atoms with Gasteiger partial charge in [0.2, 0.25) is 0 Å². The molecule has 0 aliphatic heterocycles. The quantitative estimate of drug-likeness (QED) is 0.625. The van der Waals surface area contributed by atoms with E-state index in [0.29, 0.717) is 0 Å². The Morgan fingerprint density at radius 2 is 1.78 bits per heavy atom. The normalized spacial score (nSPS) is 10.4. The minimum absolute atomic E-state index is 0.770. The van der Waals surface area contributed by atoms with Gasteiger partial charge in [0.05, 0.1) is 0 Å². The van der Waals surface area contributed by atoms with Crippen molar-refractivity contribution in [2.45, 2.75) is 19.2 Å². The third-order valence-electron chi connectivity index (χ3n) is 2.73. The standard InChI is InChI=1S/C15H14Br2O/c1-10-3-4-11(2)15(7-10)18-14-6-5-13(17)8-12(14)9-16/h3-8H,9H2,1-2H3. The van der Waals surface area contributed by atoms with Gasteiger partial charge in [0.1, 0.15) is 11.5 Å². The molecule has 1 nitrogen and oxygen atoms in total. The molecule has 0 radical (unpaired) electrons. The van der Waals surface area contributed by atoms with Crippen LogP contribution in [0.25, 0.3) is 0 Å². The average molecular weight is 370 g/mol. The summed E-state index contributed by atoms with van der Waals surface area (Å²) in [5.74, 6) is 1.81. The van der Waals surface area contributed by atoms with Crippen LogP contribution in [0.5, 0.6) is 11.5 Å². The molecule has 18 heavy (non-hydrogen) atoms. The van der Waals surface area contributed by atoms with Crippen LogP contribution in [0.4, 0.5) is 0 Å². The first-order valence-electron chi connectivity index (χ1n) is 5.69. The second-order valence-corrected chi connectivity index (χ2v) is 5.73. The van der Waals surface area contributed by atoms with Crippen molar-refractivity contribution >= 4 is 31.9 Å². The molecule has 0 saturated carbocycles. The number of benzene rings is 2. The maximum Gasteiger partial charge on any atom is 0.131 e. The lowest BCUT2D eigenvalue weighted by molar-refractivity contribution is 0.474. The summed E-state index contributed by atoms with van der Waals surface area (Å²) in [6.45, 7) is 4.13. The van der Waals surface area contributed by atoms with Crippen molar-refractivity contribution in [3.05, 3.63) is 57.6 Å². The topological polar surface area (TPSA) is 9.23 Å². The van der Waals surface area contributed by atoms with Crippen molar-refractivity contribution in [3.63, 3.8) is 0 Å². The first-order valence-corrected chi connectivity index (χ1v) is 7.61. The van der Waals surface area contributed by atoms with E-state index in [4.69, 9.17) is 4.74 Å². The number of hydrogen-bond acceptors (Lipinski definition) is 1. The van der Waals surface area contributed by atoms with Crippen molar-refractivity contribution < 1.29 is 4.74 Å². The molecule has 2 rings (SSSR count). The lowest BCUT2D eigenvalue weighted by atomic mass is 10.1. The Morgan fingerprint density at radius 1 is 1.00 bits per heavy atom. The monoisotopic (exact) mass is 368 g/mol. The van der Waals surface area contributed by atoms with Crippen LogP contribution in [0.15, 0.2) is 40.9 Å². The van der Waals surface area contributed by atoms with E-state index in [1.807, 2.05) is 12.1 Å². The predicted octanol–water partition coefficient (Wildman–Crippen LogP) is 5.75. The first kappa shape index (κ1) is 13.6. The Hall–Kier alpha value is -0.800. The molecule has 0 fully saturated rings. The van der Waals surface area contributed by atoms with E-state index in [0.717, 1.165) is 32.4 Å². The largest absolute Gasteiger partial charge is 0.457 e. The molecule has 94 valence electrons. The van der Waals surface area contributed by atoms with Gasteiger partial charge in [-0.25, -0.2) is 0 Å². The Kier molecular flexibility index (Phi) is 4.46. The van der Waals surface area contributed by atoms with Gasteiger partial charge in [0, 0.05) is 15.4 Å². The zero-order valence-electron chi connectivity index (χ0n) is 10.3. The Bertz CT molecular complexity index is 564. The van der Waals surface area contributed by atoms with Crippen LogP contribution < -0.4 is 4.74 Å². The number of aryl methyl sites for hydroxylation is 2. The molecular formula is C15H14Br2O. The number of ether oxygens (including phenoxy) is 1. The number of alkyl halides is 1. The summed E-state index contributed by atoms with van der Waals surface area (Å²) >= 11 is 6.96. The van der Waals surface area contributed by atoms with E-state index in [1.54, 1.807) is 0 Å². The highest BCUT2D eigenvalue weighted by Gasteiger charge is 2.07. The van der Waals surface area contributed by atoms with Gasteiger partial charge in [-0.15, -0.1) is 0 Å². The molecule has 2 aromatic carbocycles. The van der Waals surface area contributed by atoms with Gasteiger partial charge >= 0.3 is 0 Å². The summed E-state index contributed by atoms with van der Waals surface area (Å²) in [6, 6.07) is 12.3. The summed E-state index contributed by atoms with van der Waals surface area (Å²) in [7, 11) is 0. The Labute approximate surface area is 124 Å². The van der Waals surface area contributed by atoms with E-state index < -0.39 is 0 Å². The van der Waals surface area contributed by atoms with Gasteiger partial charge in [0.15, 0.2) is 0 Å². The highest BCUT2D eigenvalue weighted by molar-refractivity contribution is 9.10. The average Bonchev–Trinajstić information content (AvgIpc) is 2.36. The van der Waals surface area contributed by atoms with Gasteiger partial charge in [-0.1, -0.05) is 44.0 Å². The van der Waals surface area contributed by atoms with Crippen LogP contribution in [0.1, 0.15) is 16.7 Å². The number of rotatable bonds is 3. The Balaban J connectivity index is 2.36. The SMILES string of the molecule is Cc1ccc(C)c(Oc2ccc(Br)cc2CBr)c1. The molecule has 0 spiro atoms. The first-order chi connectivity index (χ1) is 8.60. The van der Waals surface area contributed by atoms with Crippen molar-refractivity contribution in [2.24, 2.45) is 0 Å². The fourth-order valence-electron chi connectivity index (χ4n) is 1.69. The third-order valence-corrected chi connectivity index (χ3v) is 3.83. The highest BCUT2D eigenvalue weighted by atomic mass is 79.9. The summed E-state index contributed by atoms with van der Waals surface area (Å²) in [5.41, 5.74) is 3.47. The maximum atomic E-state index is 6.02. The van der Waals surface area contributed by atoms with Gasteiger partial charge in [-0.2, -0.15) is 0 Å². The molecule has 0 aliphatic rings. The molecule has 0 saturated heterocycles. The van der Waals surface area contributed by atoms with Crippen molar-refractivity contribution in [3.8, 4) is 11.5 Å². The van der Waals surface area contributed by atoms with E-state index in [-0.39, 0.29) is 0 Å². The molecular weight excluding hydrogens is 356 g/mol. The highest BCUT2D eigenvalue weighted by Crippen LogP contribution is 2.31. The molecule has 0 unspecified atom stereocenters. The summed E-state index contributed by atoms with van der Waals surface area (Å²) in [6.07, 6.45) is 0. The van der Waals surface area contributed by atoms with Gasteiger partial charge < -0.3 is 4.74 Å². The van der Waals surface area contributed by atoms with Crippen molar-refractivity contribution in [1.29, 1.82) is 0 Å². The van der Waals surface area contributed by atoms with Crippen molar-refractivity contribution in [1.82, 2.24) is 0 Å². The third kappa shape index (κ3) is 3.15. The van der Waals surface area contributed by atoms with E-state index in [9.17, 15) is 0 Å². The van der Waals surface area contributed by atoms with Crippen LogP contribution in [-0.2, 0) is 5.33 Å². The summed E-state index contributed by atoms with van der Waals surface area (Å²) in [5, 5.41) is 0.770. The van der Waals surface area contributed by atoms with Crippen LogP contribution in [-0.4, -0.2) is 0 Å².